The van der Waals surface area contributed by atoms with Crippen LogP contribution in [0.4, 0.5) is 4.79 Å². The van der Waals surface area contributed by atoms with Crippen LogP contribution in [0.25, 0.3) is 0 Å². The molecule has 8 heteroatoms. The van der Waals surface area contributed by atoms with Gasteiger partial charge in [-0.3, -0.25) is 4.79 Å². The first-order valence-corrected chi connectivity index (χ1v) is 3.71. The molecule has 0 unspecified atom stereocenters. The second-order valence-corrected chi connectivity index (χ2v) is 2.29. The lowest BCUT2D eigenvalue weighted by atomic mass is 10.4. The molecule has 0 fully saturated rings. The van der Waals surface area contributed by atoms with Crippen molar-refractivity contribution in [2.75, 3.05) is 13.2 Å². The van der Waals surface area contributed by atoms with Gasteiger partial charge in [0.1, 0.15) is 12.4 Å². The summed E-state index contributed by atoms with van der Waals surface area (Å²) in [5.74, 6) is -0.633. The number of rotatable bonds is 5. The van der Waals surface area contributed by atoms with Crippen molar-refractivity contribution in [3.8, 4) is 0 Å². The first-order valence-electron chi connectivity index (χ1n) is 3.71. The van der Waals surface area contributed by atoms with E-state index >= 15 is 0 Å². The van der Waals surface area contributed by atoms with Crippen molar-refractivity contribution in [3.63, 3.8) is 0 Å². The predicted octanol–water partition coefficient (Wildman–Crippen LogP) is -1.67. The molecule has 0 aliphatic rings. The fraction of sp³-hybridized carbons (Fsp3) is 0.500. The van der Waals surface area contributed by atoms with Gasteiger partial charge >= 0.3 is 6.09 Å². The summed E-state index contributed by atoms with van der Waals surface area (Å²) in [4.78, 5) is 21.0. The van der Waals surface area contributed by atoms with E-state index in [0.717, 1.165) is 0 Å². The lowest BCUT2D eigenvalue weighted by Crippen LogP contribution is -2.32. The van der Waals surface area contributed by atoms with E-state index in [9.17, 15) is 9.59 Å². The van der Waals surface area contributed by atoms with Crippen molar-refractivity contribution in [2.45, 2.75) is 6.42 Å². The van der Waals surface area contributed by atoms with Gasteiger partial charge in [0.05, 0.1) is 13.0 Å². The Kier molecular flexibility index (Phi) is 5.59. The van der Waals surface area contributed by atoms with Crippen molar-refractivity contribution >= 4 is 17.8 Å². The highest BCUT2D eigenvalue weighted by Gasteiger charge is 2.03. The minimum atomic E-state index is -0.907. The van der Waals surface area contributed by atoms with Crippen molar-refractivity contribution < 1.29 is 19.5 Å². The van der Waals surface area contributed by atoms with Crippen LogP contribution in [0, 0.1) is 0 Å². The molecule has 0 aromatic heterocycles. The average molecular weight is 204 g/mol. The fourth-order valence-corrected chi connectivity index (χ4v) is 0.604. The molecule has 0 aromatic carbocycles. The number of amidine groups is 1. The third-order valence-corrected chi connectivity index (χ3v) is 1.14. The van der Waals surface area contributed by atoms with Crippen LogP contribution in [0.2, 0.25) is 0 Å². The zero-order chi connectivity index (χ0) is 11.0. The number of primary amides is 1. The van der Waals surface area contributed by atoms with E-state index in [1.165, 1.54) is 0 Å². The maximum absolute atomic E-state index is 10.9. The number of hydrogen-bond donors (Lipinski definition) is 4. The Hall–Kier alpha value is -1.99. The number of amides is 2. The smallest absolute Gasteiger partial charge is 0.404 e. The molecule has 0 spiro atoms. The molecule has 6 N–H and O–H groups in total. The molecule has 0 aromatic rings. The number of nitrogens with zero attached hydrogens (tertiary/aromatic N) is 1. The molecule has 0 saturated carbocycles. The summed E-state index contributed by atoms with van der Waals surface area (Å²) in [5, 5.41) is 13.1. The van der Waals surface area contributed by atoms with Crippen LogP contribution in [0.5, 0.6) is 0 Å². The molecule has 0 aliphatic carbocycles. The zero-order valence-electron chi connectivity index (χ0n) is 7.40. The topological polar surface area (TPSA) is 140 Å². The fourth-order valence-electron chi connectivity index (χ4n) is 0.604. The summed E-state index contributed by atoms with van der Waals surface area (Å²) in [6.45, 7) is 0.109. The standard InChI is InChI=1S/C6H12N4O4/c7-4(10-13)3-5(11)9-1-2-14-6(8)12/h13H,1-3H2,(H2,7,10)(H2,8,12)(H,9,11). The molecule has 0 saturated heterocycles. The van der Waals surface area contributed by atoms with Gasteiger partial charge in [0.25, 0.3) is 0 Å². The molecule has 80 valence electrons. The highest BCUT2D eigenvalue weighted by atomic mass is 16.5. The van der Waals surface area contributed by atoms with Crippen LogP contribution in [0.3, 0.4) is 0 Å². The molecular formula is C6H12N4O4. The summed E-state index contributed by atoms with van der Waals surface area (Å²) in [7, 11) is 0. The van der Waals surface area contributed by atoms with Gasteiger partial charge in [-0.2, -0.15) is 0 Å². The second kappa shape index (κ2) is 6.52. The van der Waals surface area contributed by atoms with Gasteiger partial charge in [-0.1, -0.05) is 5.16 Å². The lowest BCUT2D eigenvalue weighted by Gasteiger charge is -2.03. The number of hydrogen-bond acceptors (Lipinski definition) is 5. The molecule has 2 amide bonds. The van der Waals surface area contributed by atoms with Gasteiger partial charge in [-0.25, -0.2) is 4.79 Å². The Labute approximate surface area is 79.9 Å². The van der Waals surface area contributed by atoms with E-state index in [1.807, 2.05) is 0 Å². The first kappa shape index (κ1) is 12.0. The molecule has 14 heavy (non-hydrogen) atoms. The van der Waals surface area contributed by atoms with Crippen LogP contribution >= 0.6 is 0 Å². The van der Waals surface area contributed by atoms with Crippen molar-refractivity contribution in [1.29, 1.82) is 0 Å². The van der Waals surface area contributed by atoms with E-state index in [1.54, 1.807) is 0 Å². The molecule has 0 radical (unpaired) electrons. The van der Waals surface area contributed by atoms with Crippen molar-refractivity contribution in [1.82, 2.24) is 5.32 Å². The number of oxime groups is 1. The van der Waals surface area contributed by atoms with Gasteiger partial charge in [-0.15, -0.1) is 0 Å². The number of nitrogens with two attached hydrogens (primary N) is 2. The number of nitrogens with one attached hydrogen (secondary N) is 1. The molecular weight excluding hydrogens is 192 g/mol. The Bertz CT molecular complexity index is 240. The molecule has 0 heterocycles. The SMILES string of the molecule is NC(=O)OCCNC(=O)CC(N)=NO. The highest BCUT2D eigenvalue weighted by molar-refractivity contribution is 5.98. The highest BCUT2D eigenvalue weighted by Crippen LogP contribution is 1.80. The normalized spacial score (nSPS) is 10.7. The summed E-state index contributed by atoms with van der Waals surface area (Å²) < 4.78 is 4.34. The van der Waals surface area contributed by atoms with Crippen molar-refractivity contribution in [2.24, 2.45) is 16.6 Å². The van der Waals surface area contributed by atoms with Crippen LogP contribution < -0.4 is 16.8 Å². The third kappa shape index (κ3) is 6.70. The zero-order valence-corrected chi connectivity index (χ0v) is 7.40. The molecule has 8 nitrogen and oxygen atoms in total. The minimum absolute atomic E-state index is 0.0166. The lowest BCUT2D eigenvalue weighted by molar-refractivity contribution is -0.120. The van der Waals surface area contributed by atoms with Gasteiger partial charge < -0.3 is 26.7 Å². The summed E-state index contributed by atoms with van der Waals surface area (Å²) in [6.07, 6.45) is -1.12. The number of carbonyl (C=O) groups is 2. The van der Waals surface area contributed by atoms with Crippen molar-refractivity contribution in [3.05, 3.63) is 0 Å². The Morgan fingerprint density at radius 3 is 2.57 bits per heavy atom. The van der Waals surface area contributed by atoms with E-state index in [-0.39, 0.29) is 25.4 Å². The summed E-state index contributed by atoms with van der Waals surface area (Å²) in [5.41, 5.74) is 9.73. The molecule has 0 bridgehead atoms. The maximum atomic E-state index is 10.9. The quantitative estimate of drug-likeness (QED) is 0.139. The van der Waals surface area contributed by atoms with Gasteiger partial charge in [0, 0.05) is 0 Å². The Morgan fingerprint density at radius 1 is 1.43 bits per heavy atom. The summed E-state index contributed by atoms with van der Waals surface area (Å²) >= 11 is 0. The van der Waals surface area contributed by atoms with E-state index < -0.39 is 12.0 Å². The van der Waals surface area contributed by atoms with E-state index in [0.29, 0.717) is 0 Å². The van der Waals surface area contributed by atoms with Crippen LogP contribution in [-0.4, -0.2) is 36.2 Å². The molecule has 0 atom stereocenters. The second-order valence-electron chi connectivity index (χ2n) is 2.29. The van der Waals surface area contributed by atoms with E-state index in [4.69, 9.17) is 10.9 Å². The largest absolute Gasteiger partial charge is 0.448 e. The van der Waals surface area contributed by atoms with Gasteiger partial charge in [-0.05, 0) is 0 Å². The summed E-state index contributed by atoms with van der Waals surface area (Å²) in [6, 6.07) is 0. The number of carbonyl (C=O) groups excluding carboxylic acids is 2. The van der Waals surface area contributed by atoms with Gasteiger partial charge in [0.15, 0.2) is 0 Å². The Balaban J connectivity index is 3.50. The first-order chi connectivity index (χ1) is 6.56. The third-order valence-electron chi connectivity index (χ3n) is 1.14. The Morgan fingerprint density at radius 2 is 2.07 bits per heavy atom. The average Bonchev–Trinajstić information content (AvgIpc) is 2.12. The van der Waals surface area contributed by atoms with Crippen LogP contribution in [0.15, 0.2) is 5.16 Å². The van der Waals surface area contributed by atoms with Gasteiger partial charge in [0.2, 0.25) is 5.91 Å². The van der Waals surface area contributed by atoms with Crippen LogP contribution in [0.1, 0.15) is 6.42 Å². The van der Waals surface area contributed by atoms with Crippen LogP contribution in [-0.2, 0) is 9.53 Å². The minimum Gasteiger partial charge on any atom is -0.448 e. The molecule has 0 rings (SSSR count). The van der Waals surface area contributed by atoms with E-state index in [2.05, 4.69) is 20.9 Å². The number of ether oxygens (including phenoxy) is 1. The molecule has 0 aliphatic heterocycles. The predicted molar refractivity (Wildman–Crippen MR) is 46.6 cm³/mol. The monoisotopic (exact) mass is 204 g/mol. The maximum Gasteiger partial charge on any atom is 0.404 e.